The Morgan fingerprint density at radius 2 is 1.85 bits per heavy atom. The summed E-state index contributed by atoms with van der Waals surface area (Å²) in [5.41, 5.74) is 1.19. The molecule has 2 heterocycles. The van der Waals surface area contributed by atoms with Gasteiger partial charge < -0.3 is 10.6 Å². The molecule has 0 spiro atoms. The third kappa shape index (κ3) is 4.53. The number of rotatable bonds is 7. The van der Waals surface area contributed by atoms with Gasteiger partial charge in [0.25, 0.3) is 5.91 Å². The Morgan fingerprint density at radius 1 is 1.15 bits per heavy atom. The van der Waals surface area contributed by atoms with Crippen molar-refractivity contribution >= 4 is 27.4 Å². The quantitative estimate of drug-likeness (QED) is 0.714. The SMILES string of the molecule is C=CCNc1ccc(NC(=O)c2ccc(S(=O)(=O)N3CCCC3)cc2)nc1. The second kappa shape index (κ2) is 8.32. The van der Waals surface area contributed by atoms with E-state index in [1.54, 1.807) is 24.4 Å². The molecular weight excluding hydrogens is 364 g/mol. The summed E-state index contributed by atoms with van der Waals surface area (Å²) < 4.78 is 26.5. The maximum absolute atomic E-state index is 12.5. The molecule has 1 fully saturated rings. The van der Waals surface area contributed by atoms with Gasteiger partial charge in [0.2, 0.25) is 10.0 Å². The van der Waals surface area contributed by atoms with Gasteiger partial charge in [0.05, 0.1) is 16.8 Å². The molecule has 0 atom stereocenters. The number of benzene rings is 1. The molecule has 0 saturated carbocycles. The average Bonchev–Trinajstić information content (AvgIpc) is 3.23. The van der Waals surface area contributed by atoms with Crippen LogP contribution < -0.4 is 10.6 Å². The molecule has 2 N–H and O–H groups in total. The van der Waals surface area contributed by atoms with Crippen LogP contribution in [-0.2, 0) is 10.0 Å². The lowest BCUT2D eigenvalue weighted by Gasteiger charge is -2.15. The molecule has 1 aliphatic rings. The molecule has 3 rings (SSSR count). The van der Waals surface area contributed by atoms with Gasteiger partial charge in [-0.1, -0.05) is 6.08 Å². The predicted molar refractivity (Wildman–Crippen MR) is 105 cm³/mol. The van der Waals surface area contributed by atoms with E-state index in [1.165, 1.54) is 28.6 Å². The van der Waals surface area contributed by atoms with Crippen molar-refractivity contribution in [1.82, 2.24) is 9.29 Å². The molecular formula is C19H22N4O3S. The first-order valence-corrected chi connectivity index (χ1v) is 10.2. The predicted octanol–water partition coefficient (Wildman–Crippen LogP) is 2.72. The number of sulfonamides is 1. The van der Waals surface area contributed by atoms with Crippen LogP contribution in [0.15, 0.2) is 60.1 Å². The van der Waals surface area contributed by atoms with E-state index in [9.17, 15) is 13.2 Å². The lowest BCUT2D eigenvalue weighted by atomic mass is 10.2. The molecule has 0 bridgehead atoms. The van der Waals surface area contributed by atoms with Crippen molar-refractivity contribution in [3.8, 4) is 0 Å². The van der Waals surface area contributed by atoms with E-state index in [-0.39, 0.29) is 10.8 Å². The van der Waals surface area contributed by atoms with Crippen LogP contribution in [0, 0.1) is 0 Å². The molecule has 1 amide bonds. The van der Waals surface area contributed by atoms with E-state index >= 15 is 0 Å². The highest BCUT2D eigenvalue weighted by molar-refractivity contribution is 7.89. The summed E-state index contributed by atoms with van der Waals surface area (Å²) in [6.07, 6.45) is 5.12. The van der Waals surface area contributed by atoms with Crippen LogP contribution in [0.1, 0.15) is 23.2 Å². The fourth-order valence-corrected chi connectivity index (χ4v) is 4.32. The van der Waals surface area contributed by atoms with Gasteiger partial charge in [-0.3, -0.25) is 4.79 Å². The summed E-state index contributed by atoms with van der Waals surface area (Å²) in [5, 5.41) is 5.79. The van der Waals surface area contributed by atoms with Gasteiger partial charge in [0, 0.05) is 25.2 Å². The van der Waals surface area contributed by atoms with Crippen LogP contribution in [0.4, 0.5) is 11.5 Å². The number of pyridine rings is 1. The largest absolute Gasteiger partial charge is 0.380 e. The molecule has 0 radical (unpaired) electrons. The molecule has 7 nitrogen and oxygen atoms in total. The van der Waals surface area contributed by atoms with Crippen molar-refractivity contribution in [3.63, 3.8) is 0 Å². The Morgan fingerprint density at radius 3 is 2.44 bits per heavy atom. The number of nitrogens with zero attached hydrogens (tertiary/aromatic N) is 2. The van der Waals surface area contributed by atoms with Crippen molar-refractivity contribution in [3.05, 3.63) is 60.8 Å². The number of amides is 1. The Bertz CT molecular complexity index is 903. The lowest BCUT2D eigenvalue weighted by molar-refractivity contribution is 0.102. The zero-order chi connectivity index (χ0) is 19.3. The normalized spacial score (nSPS) is 14.7. The van der Waals surface area contributed by atoms with Crippen LogP contribution in [0.5, 0.6) is 0 Å². The number of aromatic nitrogens is 1. The summed E-state index contributed by atoms with van der Waals surface area (Å²) in [6, 6.07) is 9.46. The molecule has 1 aromatic carbocycles. The monoisotopic (exact) mass is 386 g/mol. The topological polar surface area (TPSA) is 91.4 Å². The van der Waals surface area contributed by atoms with E-state index in [0.29, 0.717) is 31.0 Å². The third-order valence-electron chi connectivity index (χ3n) is 4.27. The lowest BCUT2D eigenvalue weighted by Crippen LogP contribution is -2.27. The molecule has 0 unspecified atom stereocenters. The maximum Gasteiger partial charge on any atom is 0.256 e. The number of anilines is 2. The highest BCUT2D eigenvalue weighted by Crippen LogP contribution is 2.21. The van der Waals surface area contributed by atoms with Crippen molar-refractivity contribution < 1.29 is 13.2 Å². The second-order valence-corrected chi connectivity index (χ2v) is 8.13. The molecule has 1 aliphatic heterocycles. The van der Waals surface area contributed by atoms with Gasteiger partial charge in [-0.25, -0.2) is 13.4 Å². The number of carbonyl (C=O) groups is 1. The van der Waals surface area contributed by atoms with Gasteiger partial charge in [0.1, 0.15) is 5.82 Å². The molecule has 2 aromatic rings. The highest BCUT2D eigenvalue weighted by Gasteiger charge is 2.27. The van der Waals surface area contributed by atoms with Crippen molar-refractivity contribution in [1.29, 1.82) is 0 Å². The first kappa shape index (κ1) is 19.1. The fraction of sp³-hybridized carbons (Fsp3) is 0.263. The molecule has 142 valence electrons. The van der Waals surface area contributed by atoms with E-state index in [0.717, 1.165) is 18.5 Å². The summed E-state index contributed by atoms with van der Waals surface area (Å²) in [7, 11) is -3.48. The Kier molecular flexibility index (Phi) is 5.88. The van der Waals surface area contributed by atoms with Crippen molar-refractivity contribution in [2.45, 2.75) is 17.7 Å². The zero-order valence-electron chi connectivity index (χ0n) is 14.9. The van der Waals surface area contributed by atoms with Gasteiger partial charge in [-0.2, -0.15) is 4.31 Å². The highest BCUT2D eigenvalue weighted by atomic mass is 32.2. The number of hydrogen-bond acceptors (Lipinski definition) is 5. The van der Waals surface area contributed by atoms with E-state index in [1.807, 2.05) is 0 Å². The Balaban J connectivity index is 1.66. The van der Waals surface area contributed by atoms with Crippen LogP contribution in [0.2, 0.25) is 0 Å². The van der Waals surface area contributed by atoms with E-state index < -0.39 is 10.0 Å². The van der Waals surface area contributed by atoms with E-state index in [2.05, 4.69) is 22.2 Å². The second-order valence-electron chi connectivity index (χ2n) is 6.19. The van der Waals surface area contributed by atoms with E-state index in [4.69, 9.17) is 0 Å². The van der Waals surface area contributed by atoms with Gasteiger partial charge in [-0.05, 0) is 49.2 Å². The Hall–Kier alpha value is -2.71. The van der Waals surface area contributed by atoms with Crippen molar-refractivity contribution in [2.24, 2.45) is 0 Å². The number of nitrogens with one attached hydrogen (secondary N) is 2. The van der Waals surface area contributed by atoms with Crippen molar-refractivity contribution in [2.75, 3.05) is 30.3 Å². The standard InChI is InChI=1S/C19H22N4O3S/c1-2-11-20-16-7-10-18(21-14-16)22-19(24)15-5-8-17(9-6-15)27(25,26)23-12-3-4-13-23/h2,5-10,14,20H,1,3-4,11-13H2,(H,21,22,24). The molecule has 27 heavy (non-hydrogen) atoms. The van der Waals surface area contributed by atoms with Gasteiger partial charge >= 0.3 is 0 Å². The summed E-state index contributed by atoms with van der Waals surface area (Å²) in [6.45, 7) is 5.35. The summed E-state index contributed by atoms with van der Waals surface area (Å²) in [5.74, 6) is 0.0670. The van der Waals surface area contributed by atoms with Crippen LogP contribution in [-0.4, -0.2) is 43.2 Å². The van der Waals surface area contributed by atoms with Gasteiger partial charge in [-0.15, -0.1) is 6.58 Å². The molecule has 1 aromatic heterocycles. The van der Waals surface area contributed by atoms with Gasteiger partial charge in [0.15, 0.2) is 0 Å². The molecule has 0 aliphatic carbocycles. The summed E-state index contributed by atoms with van der Waals surface area (Å²) >= 11 is 0. The minimum absolute atomic E-state index is 0.205. The maximum atomic E-state index is 12.5. The third-order valence-corrected chi connectivity index (χ3v) is 6.19. The first-order chi connectivity index (χ1) is 13.0. The minimum Gasteiger partial charge on any atom is -0.380 e. The average molecular weight is 386 g/mol. The minimum atomic E-state index is -3.48. The van der Waals surface area contributed by atoms with Crippen LogP contribution in [0.25, 0.3) is 0 Å². The van der Waals surface area contributed by atoms with Crippen LogP contribution in [0.3, 0.4) is 0 Å². The zero-order valence-corrected chi connectivity index (χ0v) is 15.7. The number of hydrogen-bond donors (Lipinski definition) is 2. The number of carbonyl (C=O) groups excluding carboxylic acids is 1. The molecule has 1 saturated heterocycles. The Labute approximate surface area is 159 Å². The fourth-order valence-electron chi connectivity index (χ4n) is 2.81. The first-order valence-electron chi connectivity index (χ1n) is 8.73. The smallest absolute Gasteiger partial charge is 0.256 e. The molecule has 8 heteroatoms. The summed E-state index contributed by atoms with van der Waals surface area (Å²) in [4.78, 5) is 16.7. The van der Waals surface area contributed by atoms with Crippen LogP contribution >= 0.6 is 0 Å².